The molecule has 0 spiro atoms. The van der Waals surface area contributed by atoms with Crippen molar-refractivity contribution in [2.75, 3.05) is 11.4 Å². The Bertz CT molecular complexity index is 684. The molecule has 0 radical (unpaired) electrons. The van der Waals surface area contributed by atoms with E-state index in [1.54, 1.807) is 6.07 Å². The molecular weight excluding hydrogens is 359 g/mol. The highest BCUT2D eigenvalue weighted by Gasteiger charge is 2.54. The van der Waals surface area contributed by atoms with E-state index in [0.29, 0.717) is 18.2 Å². The molecular formula is C16H13BrF3NO. The number of hydrogen-bond acceptors (Lipinski definition) is 1. The first-order chi connectivity index (χ1) is 10.4. The lowest BCUT2D eigenvalue weighted by Crippen LogP contribution is -2.29. The Balaban J connectivity index is 1.68. The fourth-order valence-electron chi connectivity index (χ4n) is 4.15. The lowest BCUT2D eigenvalue weighted by atomic mass is 9.86. The number of fused-ring (bicyclic) bond motifs is 5. The molecule has 6 heteroatoms. The van der Waals surface area contributed by atoms with E-state index in [0.717, 1.165) is 12.5 Å². The van der Waals surface area contributed by atoms with Crippen LogP contribution in [0, 0.1) is 23.7 Å². The molecule has 1 saturated heterocycles. The summed E-state index contributed by atoms with van der Waals surface area (Å²) in [6.45, 7) is 0.522. The van der Waals surface area contributed by atoms with Gasteiger partial charge < -0.3 is 4.90 Å². The van der Waals surface area contributed by atoms with Crippen molar-refractivity contribution in [1.29, 1.82) is 0 Å². The normalized spacial score (nSPS) is 32.9. The summed E-state index contributed by atoms with van der Waals surface area (Å²) in [6, 6.07) is 4.01. The summed E-state index contributed by atoms with van der Waals surface area (Å²) in [6.07, 6.45) is 0.832. The van der Waals surface area contributed by atoms with E-state index in [9.17, 15) is 18.0 Å². The summed E-state index contributed by atoms with van der Waals surface area (Å²) in [5.41, 5.74) is -0.398. The molecule has 1 heterocycles. The maximum Gasteiger partial charge on any atom is 0.417 e. The molecule has 116 valence electrons. The Kier molecular flexibility index (Phi) is 2.99. The summed E-state index contributed by atoms with van der Waals surface area (Å²) >= 11 is 2.93. The number of amides is 1. The molecule has 2 aliphatic carbocycles. The first kappa shape index (κ1) is 14.3. The number of allylic oxidation sites excluding steroid dienone is 2. The van der Waals surface area contributed by atoms with E-state index in [1.165, 1.54) is 11.0 Å². The van der Waals surface area contributed by atoms with E-state index >= 15 is 0 Å². The molecule has 1 amide bonds. The minimum Gasteiger partial charge on any atom is -0.312 e. The van der Waals surface area contributed by atoms with Gasteiger partial charge in [-0.3, -0.25) is 4.79 Å². The molecule has 3 aliphatic rings. The SMILES string of the molecule is O=C1[C@@H]2[C@H](CN1c1ccc(Br)c(C(F)(F)F)c1)[C@@H]1C=C[C@H]2C1. The predicted octanol–water partition coefficient (Wildman–Crippen LogP) is 4.25. The van der Waals surface area contributed by atoms with Gasteiger partial charge in [-0.15, -0.1) is 0 Å². The van der Waals surface area contributed by atoms with Crippen LogP contribution in [0.15, 0.2) is 34.8 Å². The third-order valence-electron chi connectivity index (χ3n) is 5.13. The standard InChI is InChI=1S/C16H13BrF3NO/c17-13-4-3-10(6-12(13)16(18,19)20)21-7-11-8-1-2-9(5-8)14(11)15(21)22/h1-4,6,8-9,11,14H,5,7H2/t8-,9+,11-,14+/m1/s1. The summed E-state index contributed by atoms with van der Waals surface area (Å²) in [5.74, 6) is 0.845. The number of carbonyl (C=O) groups excluding carboxylic acids is 1. The Labute approximate surface area is 134 Å². The lowest BCUT2D eigenvalue weighted by Gasteiger charge is -2.21. The average Bonchev–Trinajstić information content (AvgIpc) is 3.11. The van der Waals surface area contributed by atoms with Crippen molar-refractivity contribution in [2.45, 2.75) is 12.6 Å². The van der Waals surface area contributed by atoms with Gasteiger partial charge in [0.25, 0.3) is 0 Å². The number of nitrogens with zero attached hydrogens (tertiary/aromatic N) is 1. The number of alkyl halides is 3. The molecule has 1 saturated carbocycles. The van der Waals surface area contributed by atoms with Crippen molar-refractivity contribution >= 4 is 27.5 Å². The Morgan fingerprint density at radius 1 is 1.18 bits per heavy atom. The Morgan fingerprint density at radius 2 is 1.91 bits per heavy atom. The molecule has 1 aromatic carbocycles. The van der Waals surface area contributed by atoms with Crippen molar-refractivity contribution < 1.29 is 18.0 Å². The first-order valence-electron chi connectivity index (χ1n) is 7.22. The van der Waals surface area contributed by atoms with Crippen LogP contribution in [0.1, 0.15) is 12.0 Å². The maximum atomic E-state index is 13.0. The molecule has 2 fully saturated rings. The van der Waals surface area contributed by atoms with Crippen molar-refractivity contribution in [2.24, 2.45) is 23.7 Å². The van der Waals surface area contributed by atoms with Crippen LogP contribution in [-0.4, -0.2) is 12.5 Å². The van der Waals surface area contributed by atoms with Crippen LogP contribution < -0.4 is 4.90 Å². The van der Waals surface area contributed by atoms with Gasteiger partial charge >= 0.3 is 6.18 Å². The monoisotopic (exact) mass is 371 g/mol. The summed E-state index contributed by atoms with van der Waals surface area (Å²) in [4.78, 5) is 14.2. The van der Waals surface area contributed by atoms with Crippen LogP contribution in [0.2, 0.25) is 0 Å². The second-order valence-electron chi connectivity index (χ2n) is 6.25. The largest absolute Gasteiger partial charge is 0.417 e. The zero-order valence-corrected chi connectivity index (χ0v) is 13.1. The van der Waals surface area contributed by atoms with Crippen LogP contribution in [0.5, 0.6) is 0 Å². The molecule has 0 N–H and O–H groups in total. The van der Waals surface area contributed by atoms with Gasteiger partial charge in [0.15, 0.2) is 0 Å². The Hall–Kier alpha value is -1.30. The van der Waals surface area contributed by atoms with Gasteiger partial charge in [-0.2, -0.15) is 13.2 Å². The topological polar surface area (TPSA) is 20.3 Å². The smallest absolute Gasteiger partial charge is 0.312 e. The molecule has 1 aromatic rings. The van der Waals surface area contributed by atoms with Crippen molar-refractivity contribution in [3.63, 3.8) is 0 Å². The highest BCUT2D eigenvalue weighted by Crippen LogP contribution is 2.52. The van der Waals surface area contributed by atoms with E-state index < -0.39 is 11.7 Å². The van der Waals surface area contributed by atoms with Gasteiger partial charge in [-0.05, 0) is 42.4 Å². The van der Waals surface area contributed by atoms with Crippen LogP contribution in [-0.2, 0) is 11.0 Å². The Morgan fingerprint density at radius 3 is 2.59 bits per heavy atom. The van der Waals surface area contributed by atoms with Gasteiger partial charge in [0.2, 0.25) is 5.91 Å². The number of carbonyl (C=O) groups is 1. The minimum atomic E-state index is -4.44. The lowest BCUT2D eigenvalue weighted by molar-refractivity contribution is -0.138. The van der Waals surface area contributed by atoms with Crippen LogP contribution in [0.3, 0.4) is 0 Å². The second-order valence-corrected chi connectivity index (χ2v) is 7.10. The van der Waals surface area contributed by atoms with E-state index in [2.05, 4.69) is 28.1 Å². The number of halogens is 4. The van der Waals surface area contributed by atoms with Crippen LogP contribution in [0.25, 0.3) is 0 Å². The van der Waals surface area contributed by atoms with Crippen LogP contribution in [0.4, 0.5) is 18.9 Å². The number of anilines is 1. The van der Waals surface area contributed by atoms with Gasteiger partial charge in [-0.1, -0.05) is 28.1 Å². The number of rotatable bonds is 1. The fraction of sp³-hybridized carbons (Fsp3) is 0.438. The van der Waals surface area contributed by atoms with Crippen molar-refractivity contribution in [1.82, 2.24) is 0 Å². The highest BCUT2D eigenvalue weighted by molar-refractivity contribution is 9.10. The van der Waals surface area contributed by atoms with Gasteiger partial charge in [0.1, 0.15) is 0 Å². The highest BCUT2D eigenvalue weighted by atomic mass is 79.9. The molecule has 1 aliphatic heterocycles. The zero-order chi connectivity index (χ0) is 15.6. The number of benzene rings is 1. The van der Waals surface area contributed by atoms with Gasteiger partial charge in [-0.25, -0.2) is 0 Å². The van der Waals surface area contributed by atoms with Gasteiger partial charge in [0.05, 0.1) is 5.56 Å². The molecule has 4 rings (SSSR count). The van der Waals surface area contributed by atoms with Crippen molar-refractivity contribution in [3.05, 3.63) is 40.4 Å². The van der Waals surface area contributed by atoms with Gasteiger partial charge in [0, 0.05) is 22.6 Å². The van der Waals surface area contributed by atoms with E-state index in [4.69, 9.17) is 0 Å². The molecule has 22 heavy (non-hydrogen) atoms. The summed E-state index contributed by atoms with van der Waals surface area (Å²) in [7, 11) is 0. The average molecular weight is 372 g/mol. The third kappa shape index (κ3) is 1.96. The zero-order valence-electron chi connectivity index (χ0n) is 11.5. The second kappa shape index (κ2) is 4.60. The molecule has 2 bridgehead atoms. The molecule has 0 aromatic heterocycles. The minimum absolute atomic E-state index is 0.00248. The predicted molar refractivity (Wildman–Crippen MR) is 79.2 cm³/mol. The summed E-state index contributed by atoms with van der Waals surface area (Å²) < 4.78 is 39.1. The fourth-order valence-corrected chi connectivity index (χ4v) is 4.62. The van der Waals surface area contributed by atoms with Crippen LogP contribution >= 0.6 is 15.9 Å². The quantitative estimate of drug-likeness (QED) is 0.675. The molecule has 0 unspecified atom stereocenters. The summed E-state index contributed by atoms with van der Waals surface area (Å²) in [5, 5.41) is 0. The number of hydrogen-bond donors (Lipinski definition) is 0. The van der Waals surface area contributed by atoms with Crippen molar-refractivity contribution in [3.8, 4) is 0 Å². The van der Waals surface area contributed by atoms with E-state index in [-0.39, 0.29) is 28.1 Å². The first-order valence-corrected chi connectivity index (χ1v) is 8.02. The third-order valence-corrected chi connectivity index (χ3v) is 5.83. The maximum absolute atomic E-state index is 13.0. The van der Waals surface area contributed by atoms with E-state index in [1.807, 2.05) is 0 Å². The molecule has 4 atom stereocenters. The molecule has 2 nitrogen and oxygen atoms in total.